The largest absolute Gasteiger partial charge is 0.337 e. The van der Waals surface area contributed by atoms with Crippen LogP contribution in [0, 0.1) is 6.92 Å². The average molecular weight is 358 g/mol. The monoisotopic (exact) mass is 357 g/mol. The third kappa shape index (κ3) is 5.71. The Morgan fingerprint density at radius 1 is 1.30 bits per heavy atom. The van der Waals surface area contributed by atoms with Crippen molar-refractivity contribution >= 4 is 41.7 Å². The summed E-state index contributed by atoms with van der Waals surface area (Å²) < 4.78 is 0. The van der Waals surface area contributed by atoms with Gasteiger partial charge in [-0.15, -0.1) is 12.4 Å². The Morgan fingerprint density at radius 3 is 2.61 bits per heavy atom. The number of anilines is 1. The molecule has 1 fully saturated rings. The van der Waals surface area contributed by atoms with Crippen LogP contribution in [0.1, 0.15) is 28.8 Å². The molecule has 1 aromatic rings. The Bertz CT molecular complexity index is 548. The maximum atomic E-state index is 12.4. The summed E-state index contributed by atoms with van der Waals surface area (Å²) in [4.78, 5) is 26.1. The highest BCUT2D eigenvalue weighted by atomic mass is 35.5. The molecule has 0 unspecified atom stereocenters. The molecule has 1 heterocycles. The van der Waals surface area contributed by atoms with Crippen molar-refractivity contribution in [3.8, 4) is 0 Å². The second-order valence-electron chi connectivity index (χ2n) is 5.37. The van der Waals surface area contributed by atoms with E-state index in [4.69, 9.17) is 5.73 Å². The van der Waals surface area contributed by atoms with Crippen molar-refractivity contribution in [1.82, 2.24) is 4.90 Å². The fourth-order valence-corrected chi connectivity index (χ4v) is 3.26. The van der Waals surface area contributed by atoms with Gasteiger partial charge in [-0.2, -0.15) is 11.8 Å². The van der Waals surface area contributed by atoms with Crippen molar-refractivity contribution in [3.05, 3.63) is 29.3 Å². The number of thioether (sulfide) groups is 1. The molecule has 1 aliphatic heterocycles. The van der Waals surface area contributed by atoms with Gasteiger partial charge in [0.1, 0.15) is 0 Å². The molecule has 0 spiro atoms. The van der Waals surface area contributed by atoms with E-state index in [1.807, 2.05) is 35.7 Å². The number of carbonyl (C=O) groups excluding carboxylic acids is 2. The minimum absolute atomic E-state index is 0. The Labute approximate surface area is 147 Å². The zero-order valence-corrected chi connectivity index (χ0v) is 15.0. The summed E-state index contributed by atoms with van der Waals surface area (Å²) in [7, 11) is 0. The number of nitrogens with one attached hydrogen (secondary N) is 1. The molecule has 0 atom stereocenters. The van der Waals surface area contributed by atoms with E-state index in [0.29, 0.717) is 24.9 Å². The Morgan fingerprint density at radius 2 is 2.00 bits per heavy atom. The molecular formula is C16H24ClN3O2S. The van der Waals surface area contributed by atoms with Gasteiger partial charge in [0.05, 0.1) is 0 Å². The molecule has 0 aliphatic carbocycles. The minimum Gasteiger partial charge on any atom is -0.337 e. The van der Waals surface area contributed by atoms with E-state index in [1.165, 1.54) is 0 Å². The Kier molecular flexibility index (Phi) is 8.44. The first kappa shape index (κ1) is 19.8. The standard InChI is InChI=1S/C16H23N3O2S.ClH/c1-12-11-13(16(21)19-7-9-22-10-8-19)4-5-14(12)18-15(20)3-2-6-17;/h4-5,11H,2-3,6-10,17H2,1H3,(H,18,20);1H. The molecule has 7 heteroatoms. The van der Waals surface area contributed by atoms with Crippen LogP contribution in [0.2, 0.25) is 0 Å². The molecule has 1 aromatic carbocycles. The number of carbonyl (C=O) groups is 2. The van der Waals surface area contributed by atoms with Crippen LogP contribution >= 0.6 is 24.2 Å². The first-order valence-corrected chi connectivity index (χ1v) is 8.75. The van der Waals surface area contributed by atoms with E-state index in [2.05, 4.69) is 5.32 Å². The fraction of sp³-hybridized carbons (Fsp3) is 0.500. The summed E-state index contributed by atoms with van der Waals surface area (Å²) in [5.74, 6) is 2.03. The number of nitrogens with two attached hydrogens (primary N) is 1. The van der Waals surface area contributed by atoms with Crippen molar-refractivity contribution in [2.45, 2.75) is 19.8 Å². The van der Waals surface area contributed by atoms with E-state index < -0.39 is 0 Å². The predicted octanol–water partition coefficient (Wildman–Crippen LogP) is 2.28. The van der Waals surface area contributed by atoms with Crippen LogP contribution in [0.5, 0.6) is 0 Å². The van der Waals surface area contributed by atoms with E-state index in [9.17, 15) is 9.59 Å². The number of rotatable bonds is 5. The smallest absolute Gasteiger partial charge is 0.253 e. The molecule has 1 saturated heterocycles. The van der Waals surface area contributed by atoms with Crippen LogP contribution < -0.4 is 11.1 Å². The van der Waals surface area contributed by atoms with Crippen LogP contribution in [-0.4, -0.2) is 47.9 Å². The van der Waals surface area contributed by atoms with Crippen molar-refractivity contribution < 1.29 is 9.59 Å². The number of nitrogens with zero attached hydrogens (tertiary/aromatic N) is 1. The molecule has 2 amide bonds. The minimum atomic E-state index is -0.0410. The molecule has 0 aromatic heterocycles. The quantitative estimate of drug-likeness (QED) is 0.847. The van der Waals surface area contributed by atoms with Gasteiger partial charge in [-0.25, -0.2) is 0 Å². The van der Waals surface area contributed by atoms with E-state index in [0.717, 1.165) is 35.8 Å². The van der Waals surface area contributed by atoms with Gasteiger partial charge < -0.3 is 16.0 Å². The van der Waals surface area contributed by atoms with Gasteiger partial charge in [0.15, 0.2) is 0 Å². The van der Waals surface area contributed by atoms with Crippen molar-refractivity contribution in [2.75, 3.05) is 36.5 Å². The molecule has 2 rings (SSSR count). The first-order chi connectivity index (χ1) is 10.6. The van der Waals surface area contributed by atoms with Crippen LogP contribution in [0.25, 0.3) is 0 Å². The molecule has 0 radical (unpaired) electrons. The summed E-state index contributed by atoms with van der Waals surface area (Å²) in [6.45, 7) is 4.02. The third-order valence-corrected chi connectivity index (χ3v) is 4.60. The number of hydrogen-bond acceptors (Lipinski definition) is 4. The molecular weight excluding hydrogens is 334 g/mol. The lowest BCUT2D eigenvalue weighted by molar-refractivity contribution is -0.116. The fourth-order valence-electron chi connectivity index (χ4n) is 2.36. The molecule has 0 bridgehead atoms. The molecule has 128 valence electrons. The van der Waals surface area contributed by atoms with Crippen LogP contribution in [0.3, 0.4) is 0 Å². The predicted molar refractivity (Wildman–Crippen MR) is 98.6 cm³/mol. The summed E-state index contributed by atoms with van der Waals surface area (Å²) in [5, 5.41) is 2.87. The molecule has 3 N–H and O–H groups in total. The van der Waals surface area contributed by atoms with E-state index >= 15 is 0 Å². The van der Waals surface area contributed by atoms with Crippen molar-refractivity contribution in [2.24, 2.45) is 5.73 Å². The SMILES string of the molecule is Cc1cc(C(=O)N2CCSCC2)ccc1NC(=O)CCCN.Cl. The molecule has 1 aliphatic rings. The summed E-state index contributed by atoms with van der Waals surface area (Å²) in [5.41, 5.74) is 7.74. The second kappa shape index (κ2) is 9.80. The normalized spacial score (nSPS) is 14.1. The van der Waals surface area contributed by atoms with Gasteiger partial charge in [-0.3, -0.25) is 9.59 Å². The lowest BCUT2D eigenvalue weighted by atomic mass is 10.1. The van der Waals surface area contributed by atoms with Crippen LogP contribution in [0.4, 0.5) is 5.69 Å². The van der Waals surface area contributed by atoms with Gasteiger partial charge in [0.2, 0.25) is 5.91 Å². The summed E-state index contributed by atoms with van der Waals surface area (Å²) in [6, 6.07) is 5.44. The first-order valence-electron chi connectivity index (χ1n) is 7.59. The highest BCUT2D eigenvalue weighted by molar-refractivity contribution is 7.99. The highest BCUT2D eigenvalue weighted by Crippen LogP contribution is 2.19. The second-order valence-corrected chi connectivity index (χ2v) is 6.60. The van der Waals surface area contributed by atoms with E-state index in [-0.39, 0.29) is 24.2 Å². The lowest BCUT2D eigenvalue weighted by Crippen LogP contribution is -2.37. The van der Waals surface area contributed by atoms with Gasteiger partial charge in [0.25, 0.3) is 5.91 Å². The summed E-state index contributed by atoms with van der Waals surface area (Å²) >= 11 is 1.88. The number of halogens is 1. The lowest BCUT2D eigenvalue weighted by Gasteiger charge is -2.26. The Hall–Kier alpha value is -1.24. The third-order valence-electron chi connectivity index (χ3n) is 3.65. The highest BCUT2D eigenvalue weighted by Gasteiger charge is 2.19. The molecule has 23 heavy (non-hydrogen) atoms. The molecule has 5 nitrogen and oxygen atoms in total. The van der Waals surface area contributed by atoms with E-state index in [1.54, 1.807) is 6.07 Å². The average Bonchev–Trinajstić information content (AvgIpc) is 2.55. The summed E-state index contributed by atoms with van der Waals surface area (Å²) in [6.07, 6.45) is 1.09. The maximum absolute atomic E-state index is 12.4. The Balaban J connectivity index is 0.00000264. The number of aryl methyl sites for hydroxylation is 1. The maximum Gasteiger partial charge on any atom is 0.253 e. The van der Waals surface area contributed by atoms with Gasteiger partial charge >= 0.3 is 0 Å². The zero-order chi connectivity index (χ0) is 15.9. The van der Waals surface area contributed by atoms with Crippen molar-refractivity contribution in [3.63, 3.8) is 0 Å². The van der Waals surface area contributed by atoms with Crippen LogP contribution in [0.15, 0.2) is 18.2 Å². The zero-order valence-electron chi connectivity index (χ0n) is 13.3. The topological polar surface area (TPSA) is 75.4 Å². The molecule has 0 saturated carbocycles. The van der Waals surface area contributed by atoms with Gasteiger partial charge in [0, 0.05) is 42.3 Å². The number of benzene rings is 1. The van der Waals surface area contributed by atoms with Crippen molar-refractivity contribution in [1.29, 1.82) is 0 Å². The number of hydrogen-bond donors (Lipinski definition) is 2. The number of amides is 2. The van der Waals surface area contributed by atoms with Gasteiger partial charge in [-0.05, 0) is 43.7 Å². The van der Waals surface area contributed by atoms with Crippen LogP contribution in [-0.2, 0) is 4.79 Å². The van der Waals surface area contributed by atoms with Gasteiger partial charge in [-0.1, -0.05) is 0 Å².